The third-order valence-corrected chi connectivity index (χ3v) is 3.16. The summed E-state index contributed by atoms with van der Waals surface area (Å²) in [6, 6.07) is 10.9. The summed E-state index contributed by atoms with van der Waals surface area (Å²) in [6.45, 7) is 0.410. The summed E-state index contributed by atoms with van der Waals surface area (Å²) >= 11 is 6.10. The minimum atomic E-state index is -0.0947. The van der Waals surface area contributed by atoms with Gasteiger partial charge in [-0.25, -0.2) is 0 Å². The molecule has 2 aromatic rings. The van der Waals surface area contributed by atoms with Crippen molar-refractivity contribution < 1.29 is 9.53 Å². The van der Waals surface area contributed by atoms with E-state index in [1.165, 1.54) is 0 Å². The minimum Gasteiger partial charge on any atom is -0.497 e. The van der Waals surface area contributed by atoms with Gasteiger partial charge in [-0.3, -0.25) is 9.78 Å². The number of ether oxygens (including phenoxy) is 1. The van der Waals surface area contributed by atoms with Crippen LogP contribution in [0.5, 0.6) is 5.75 Å². The monoisotopic (exact) mass is 290 g/mol. The molecule has 1 aromatic heterocycles. The zero-order valence-electron chi connectivity index (χ0n) is 11.1. The van der Waals surface area contributed by atoms with Crippen LogP contribution < -0.4 is 10.1 Å². The van der Waals surface area contributed by atoms with Crippen molar-refractivity contribution in [3.63, 3.8) is 0 Å². The SMILES string of the molecule is COc1ccc(CC(=O)NCc2ccccn2)c(Cl)c1. The summed E-state index contributed by atoms with van der Waals surface area (Å²) in [5.41, 5.74) is 1.59. The Morgan fingerprint density at radius 2 is 2.20 bits per heavy atom. The van der Waals surface area contributed by atoms with Crippen LogP contribution in [0.3, 0.4) is 0 Å². The topological polar surface area (TPSA) is 51.2 Å². The highest BCUT2D eigenvalue weighted by molar-refractivity contribution is 6.31. The Kier molecular flexibility index (Phi) is 4.96. The van der Waals surface area contributed by atoms with Gasteiger partial charge in [-0.15, -0.1) is 0 Å². The number of benzene rings is 1. The number of rotatable bonds is 5. The van der Waals surface area contributed by atoms with E-state index in [1.54, 1.807) is 31.5 Å². The summed E-state index contributed by atoms with van der Waals surface area (Å²) in [5, 5.41) is 3.34. The molecule has 4 nitrogen and oxygen atoms in total. The Labute approximate surface area is 122 Å². The second-order valence-electron chi connectivity index (χ2n) is 4.23. The number of methoxy groups -OCH3 is 1. The van der Waals surface area contributed by atoms with E-state index in [4.69, 9.17) is 16.3 Å². The fourth-order valence-corrected chi connectivity index (χ4v) is 1.96. The molecule has 0 aliphatic carbocycles. The number of aromatic nitrogens is 1. The van der Waals surface area contributed by atoms with Crippen molar-refractivity contribution in [3.8, 4) is 5.75 Å². The van der Waals surface area contributed by atoms with Crippen molar-refractivity contribution in [2.75, 3.05) is 7.11 Å². The van der Waals surface area contributed by atoms with E-state index in [-0.39, 0.29) is 12.3 Å². The molecule has 20 heavy (non-hydrogen) atoms. The fraction of sp³-hybridized carbons (Fsp3) is 0.200. The first-order chi connectivity index (χ1) is 9.69. The molecule has 0 aliphatic heterocycles. The summed E-state index contributed by atoms with van der Waals surface area (Å²) < 4.78 is 5.07. The number of pyridine rings is 1. The first-order valence-corrected chi connectivity index (χ1v) is 6.56. The van der Waals surface area contributed by atoms with Crippen LogP contribution in [-0.4, -0.2) is 18.0 Å². The maximum Gasteiger partial charge on any atom is 0.224 e. The lowest BCUT2D eigenvalue weighted by atomic mass is 10.1. The van der Waals surface area contributed by atoms with E-state index < -0.39 is 0 Å². The largest absolute Gasteiger partial charge is 0.497 e. The average Bonchev–Trinajstić information content (AvgIpc) is 2.48. The molecule has 1 aromatic carbocycles. The minimum absolute atomic E-state index is 0.0947. The van der Waals surface area contributed by atoms with Gasteiger partial charge in [0.25, 0.3) is 0 Å². The molecular formula is C15H15ClN2O2. The second-order valence-corrected chi connectivity index (χ2v) is 4.64. The van der Waals surface area contributed by atoms with E-state index in [0.717, 1.165) is 11.3 Å². The maximum absolute atomic E-state index is 11.9. The van der Waals surface area contributed by atoms with Crippen molar-refractivity contribution in [3.05, 3.63) is 58.9 Å². The van der Waals surface area contributed by atoms with Gasteiger partial charge in [-0.05, 0) is 29.8 Å². The van der Waals surface area contributed by atoms with Crippen LogP contribution in [0.15, 0.2) is 42.6 Å². The highest BCUT2D eigenvalue weighted by atomic mass is 35.5. The van der Waals surface area contributed by atoms with Gasteiger partial charge in [0.15, 0.2) is 0 Å². The lowest BCUT2D eigenvalue weighted by Crippen LogP contribution is -2.25. The van der Waals surface area contributed by atoms with Crippen LogP contribution >= 0.6 is 11.6 Å². The zero-order valence-corrected chi connectivity index (χ0v) is 11.9. The predicted octanol–water partition coefficient (Wildman–Crippen LogP) is 2.60. The molecule has 0 radical (unpaired) electrons. The predicted molar refractivity (Wildman–Crippen MR) is 77.8 cm³/mol. The molecule has 104 valence electrons. The first kappa shape index (κ1) is 14.3. The van der Waals surface area contributed by atoms with E-state index in [0.29, 0.717) is 17.3 Å². The zero-order chi connectivity index (χ0) is 14.4. The summed E-state index contributed by atoms with van der Waals surface area (Å²) in [4.78, 5) is 16.0. The van der Waals surface area contributed by atoms with Crippen molar-refractivity contribution >= 4 is 17.5 Å². The molecule has 1 heterocycles. The Bertz CT molecular complexity index is 588. The molecule has 2 rings (SSSR count). The molecule has 0 spiro atoms. The summed E-state index contributed by atoms with van der Waals surface area (Å²) in [6.07, 6.45) is 1.93. The van der Waals surface area contributed by atoms with Crippen LogP contribution in [0.4, 0.5) is 0 Å². The highest BCUT2D eigenvalue weighted by Crippen LogP contribution is 2.22. The number of hydrogen-bond acceptors (Lipinski definition) is 3. The van der Waals surface area contributed by atoms with E-state index >= 15 is 0 Å². The van der Waals surface area contributed by atoms with Gasteiger partial charge in [0.05, 0.1) is 25.8 Å². The number of nitrogens with one attached hydrogen (secondary N) is 1. The fourth-order valence-electron chi connectivity index (χ4n) is 1.73. The number of amides is 1. The Balaban J connectivity index is 1.91. The van der Waals surface area contributed by atoms with Crippen molar-refractivity contribution in [1.82, 2.24) is 10.3 Å². The molecule has 1 N–H and O–H groups in total. The number of carbonyl (C=O) groups excluding carboxylic acids is 1. The summed E-state index contributed by atoms with van der Waals surface area (Å²) in [5.74, 6) is 0.579. The number of carbonyl (C=O) groups is 1. The summed E-state index contributed by atoms with van der Waals surface area (Å²) in [7, 11) is 1.57. The molecule has 0 aliphatic rings. The van der Waals surface area contributed by atoms with Crippen molar-refractivity contribution in [2.45, 2.75) is 13.0 Å². The standard InChI is InChI=1S/C15H15ClN2O2/c1-20-13-6-5-11(14(16)9-13)8-15(19)18-10-12-4-2-3-7-17-12/h2-7,9H,8,10H2,1H3,(H,18,19). The molecule has 0 unspecified atom stereocenters. The van der Waals surface area contributed by atoms with E-state index in [2.05, 4.69) is 10.3 Å². The van der Waals surface area contributed by atoms with Gasteiger partial charge >= 0.3 is 0 Å². The highest BCUT2D eigenvalue weighted by Gasteiger charge is 2.08. The van der Waals surface area contributed by atoms with Crippen LogP contribution in [0.1, 0.15) is 11.3 Å². The first-order valence-electron chi connectivity index (χ1n) is 6.18. The van der Waals surface area contributed by atoms with Gasteiger partial charge < -0.3 is 10.1 Å². The van der Waals surface area contributed by atoms with Gasteiger partial charge in [0.2, 0.25) is 5.91 Å². The van der Waals surface area contributed by atoms with Gasteiger partial charge in [-0.2, -0.15) is 0 Å². The molecule has 0 bridgehead atoms. The number of hydrogen-bond donors (Lipinski definition) is 1. The quantitative estimate of drug-likeness (QED) is 0.921. The van der Waals surface area contributed by atoms with Crippen LogP contribution in [0.2, 0.25) is 5.02 Å². The third kappa shape index (κ3) is 3.96. The molecule has 5 heteroatoms. The molecule has 0 saturated carbocycles. The molecule has 1 amide bonds. The number of nitrogens with zero attached hydrogens (tertiary/aromatic N) is 1. The maximum atomic E-state index is 11.9. The van der Waals surface area contributed by atoms with Gasteiger partial charge in [0.1, 0.15) is 5.75 Å². The van der Waals surface area contributed by atoms with Gasteiger partial charge in [-0.1, -0.05) is 23.7 Å². The molecule has 0 atom stereocenters. The van der Waals surface area contributed by atoms with Crippen molar-refractivity contribution in [2.24, 2.45) is 0 Å². The Morgan fingerprint density at radius 1 is 1.35 bits per heavy atom. The van der Waals surface area contributed by atoms with Crippen LogP contribution in [-0.2, 0) is 17.8 Å². The lowest BCUT2D eigenvalue weighted by Gasteiger charge is -2.07. The normalized spacial score (nSPS) is 10.1. The van der Waals surface area contributed by atoms with Gasteiger partial charge in [0, 0.05) is 11.2 Å². The Morgan fingerprint density at radius 3 is 2.85 bits per heavy atom. The van der Waals surface area contributed by atoms with E-state index in [1.807, 2.05) is 18.2 Å². The smallest absolute Gasteiger partial charge is 0.224 e. The Hall–Kier alpha value is -2.07. The second kappa shape index (κ2) is 6.91. The number of halogens is 1. The third-order valence-electron chi connectivity index (χ3n) is 2.80. The average molecular weight is 291 g/mol. The van der Waals surface area contributed by atoms with Crippen LogP contribution in [0, 0.1) is 0 Å². The molecule has 0 fully saturated rings. The lowest BCUT2D eigenvalue weighted by molar-refractivity contribution is -0.120. The molecular weight excluding hydrogens is 276 g/mol. The molecule has 0 saturated heterocycles. The van der Waals surface area contributed by atoms with Crippen LogP contribution in [0.25, 0.3) is 0 Å². The van der Waals surface area contributed by atoms with Crippen molar-refractivity contribution in [1.29, 1.82) is 0 Å². The van der Waals surface area contributed by atoms with E-state index in [9.17, 15) is 4.79 Å².